The molecule has 3 rings (SSSR count). The van der Waals surface area contributed by atoms with E-state index in [0.29, 0.717) is 39.9 Å². The quantitative estimate of drug-likeness (QED) is 0.732. The fourth-order valence-corrected chi connectivity index (χ4v) is 3.53. The van der Waals surface area contributed by atoms with E-state index in [-0.39, 0.29) is 6.61 Å². The van der Waals surface area contributed by atoms with Crippen molar-refractivity contribution >= 4 is 6.09 Å². The van der Waals surface area contributed by atoms with Gasteiger partial charge in [-0.2, -0.15) is 0 Å². The predicted octanol–water partition coefficient (Wildman–Crippen LogP) is 2.82. The maximum atomic E-state index is 12.3. The number of benzene rings is 2. The first-order valence-electron chi connectivity index (χ1n) is 9.03. The standard InChI is InChI=1S/C21H25NO8/c1-24-15-7-12-11-30-21(22-20(23)29-6,14(12)10-16(15)25-2)13-8-17(26-3)19(28-5)18(9-13)27-4/h7-10H,11H2,1-6H3,(H,22,23). The van der Waals surface area contributed by atoms with Crippen LogP contribution in [0.1, 0.15) is 16.7 Å². The van der Waals surface area contributed by atoms with Crippen LogP contribution in [0.5, 0.6) is 28.7 Å². The van der Waals surface area contributed by atoms with Crippen LogP contribution in [0.2, 0.25) is 0 Å². The Morgan fingerprint density at radius 2 is 1.40 bits per heavy atom. The number of ether oxygens (including phenoxy) is 7. The van der Waals surface area contributed by atoms with Gasteiger partial charge in [0, 0.05) is 11.1 Å². The van der Waals surface area contributed by atoms with Crippen LogP contribution >= 0.6 is 0 Å². The highest BCUT2D eigenvalue weighted by Gasteiger charge is 2.45. The van der Waals surface area contributed by atoms with Gasteiger partial charge >= 0.3 is 6.09 Å². The third-order valence-electron chi connectivity index (χ3n) is 4.97. The third kappa shape index (κ3) is 3.41. The monoisotopic (exact) mass is 419 g/mol. The van der Waals surface area contributed by atoms with Crippen molar-refractivity contribution < 1.29 is 38.0 Å². The summed E-state index contributed by atoms with van der Waals surface area (Å²) in [6.07, 6.45) is -0.675. The summed E-state index contributed by atoms with van der Waals surface area (Å²) in [5.41, 5.74) is 0.653. The SMILES string of the molecule is COC(=O)NC1(c2cc(OC)c(OC)c(OC)c2)OCc2cc(OC)c(OC)cc21. The van der Waals surface area contributed by atoms with Crippen molar-refractivity contribution in [1.29, 1.82) is 0 Å². The van der Waals surface area contributed by atoms with Gasteiger partial charge in [-0.3, -0.25) is 5.32 Å². The van der Waals surface area contributed by atoms with Crippen molar-refractivity contribution in [3.63, 3.8) is 0 Å². The fourth-order valence-electron chi connectivity index (χ4n) is 3.53. The fraction of sp³-hybridized carbons (Fsp3) is 0.381. The van der Waals surface area contributed by atoms with E-state index in [0.717, 1.165) is 5.56 Å². The minimum Gasteiger partial charge on any atom is -0.493 e. The van der Waals surface area contributed by atoms with E-state index in [9.17, 15) is 4.79 Å². The van der Waals surface area contributed by atoms with Crippen molar-refractivity contribution in [3.05, 3.63) is 41.0 Å². The van der Waals surface area contributed by atoms with E-state index in [1.165, 1.54) is 35.5 Å². The molecule has 9 nitrogen and oxygen atoms in total. The highest BCUT2D eigenvalue weighted by Crippen LogP contribution is 2.48. The van der Waals surface area contributed by atoms with Gasteiger partial charge in [-0.1, -0.05) is 0 Å². The first-order valence-corrected chi connectivity index (χ1v) is 9.03. The number of fused-ring (bicyclic) bond motifs is 1. The number of nitrogens with one attached hydrogen (secondary N) is 1. The Labute approximate surface area is 174 Å². The molecule has 1 amide bonds. The molecule has 0 fully saturated rings. The molecule has 162 valence electrons. The number of hydrogen-bond donors (Lipinski definition) is 1. The van der Waals surface area contributed by atoms with E-state index in [2.05, 4.69) is 5.32 Å². The lowest BCUT2D eigenvalue weighted by Crippen LogP contribution is -2.46. The average Bonchev–Trinajstić information content (AvgIpc) is 3.14. The van der Waals surface area contributed by atoms with Gasteiger partial charge in [0.15, 0.2) is 28.7 Å². The number of methoxy groups -OCH3 is 6. The summed E-state index contributed by atoms with van der Waals surface area (Å²) in [5, 5.41) is 2.81. The first-order chi connectivity index (χ1) is 14.5. The molecule has 2 aromatic carbocycles. The Balaban J connectivity index is 2.28. The zero-order chi connectivity index (χ0) is 21.9. The Morgan fingerprint density at radius 3 is 1.90 bits per heavy atom. The van der Waals surface area contributed by atoms with Crippen LogP contribution in [0.4, 0.5) is 4.79 Å². The van der Waals surface area contributed by atoms with E-state index in [1.54, 1.807) is 25.3 Å². The molecule has 0 saturated heterocycles. The maximum absolute atomic E-state index is 12.3. The molecule has 2 aromatic rings. The Hall–Kier alpha value is -3.33. The molecule has 1 atom stereocenters. The van der Waals surface area contributed by atoms with Gasteiger partial charge in [0.1, 0.15) is 0 Å². The van der Waals surface area contributed by atoms with Crippen LogP contribution in [0.15, 0.2) is 24.3 Å². The second-order valence-corrected chi connectivity index (χ2v) is 6.36. The molecule has 0 radical (unpaired) electrons. The zero-order valence-corrected chi connectivity index (χ0v) is 17.8. The molecule has 0 aromatic heterocycles. The highest BCUT2D eigenvalue weighted by molar-refractivity contribution is 5.71. The molecule has 0 bridgehead atoms. The van der Waals surface area contributed by atoms with Crippen molar-refractivity contribution in [2.45, 2.75) is 12.3 Å². The molecule has 1 heterocycles. The Kier molecular flexibility index (Phi) is 6.12. The van der Waals surface area contributed by atoms with Gasteiger partial charge in [-0.15, -0.1) is 0 Å². The number of carbonyl (C=O) groups is 1. The topological polar surface area (TPSA) is 93.7 Å². The average molecular weight is 419 g/mol. The lowest BCUT2D eigenvalue weighted by molar-refractivity contribution is -0.0290. The van der Waals surface area contributed by atoms with Gasteiger partial charge < -0.3 is 33.2 Å². The van der Waals surface area contributed by atoms with Crippen LogP contribution in [-0.2, 0) is 21.8 Å². The van der Waals surface area contributed by atoms with E-state index in [4.69, 9.17) is 33.2 Å². The van der Waals surface area contributed by atoms with Gasteiger partial charge in [0.05, 0.1) is 49.3 Å². The minimum atomic E-state index is -1.38. The van der Waals surface area contributed by atoms with Crippen LogP contribution < -0.4 is 29.0 Å². The molecule has 1 aliphatic heterocycles. The van der Waals surface area contributed by atoms with Crippen molar-refractivity contribution in [3.8, 4) is 28.7 Å². The highest BCUT2D eigenvalue weighted by atomic mass is 16.6. The number of carbonyl (C=O) groups excluding carboxylic acids is 1. The lowest BCUT2D eigenvalue weighted by Gasteiger charge is -2.31. The van der Waals surface area contributed by atoms with Gasteiger partial charge in [0.25, 0.3) is 0 Å². The van der Waals surface area contributed by atoms with E-state index in [1.807, 2.05) is 6.07 Å². The van der Waals surface area contributed by atoms with Crippen molar-refractivity contribution in [1.82, 2.24) is 5.32 Å². The summed E-state index contributed by atoms with van der Waals surface area (Å²) in [6, 6.07) is 7.00. The summed E-state index contributed by atoms with van der Waals surface area (Å²) < 4.78 is 38.2. The van der Waals surface area contributed by atoms with Gasteiger partial charge in [0.2, 0.25) is 5.75 Å². The molecule has 9 heteroatoms. The van der Waals surface area contributed by atoms with Crippen LogP contribution in [0.3, 0.4) is 0 Å². The summed E-state index contributed by atoms with van der Waals surface area (Å²) in [6.45, 7) is 0.219. The summed E-state index contributed by atoms with van der Waals surface area (Å²) in [7, 11) is 8.91. The summed E-state index contributed by atoms with van der Waals surface area (Å²) in [5.74, 6) is 2.29. The van der Waals surface area contributed by atoms with E-state index >= 15 is 0 Å². The molecule has 1 N–H and O–H groups in total. The second kappa shape index (κ2) is 8.58. The van der Waals surface area contributed by atoms with Crippen molar-refractivity contribution in [2.75, 3.05) is 42.7 Å². The first kappa shape index (κ1) is 21.4. The summed E-state index contributed by atoms with van der Waals surface area (Å²) >= 11 is 0. The van der Waals surface area contributed by atoms with Gasteiger partial charge in [-0.05, 0) is 29.8 Å². The molecular formula is C21H25NO8. The molecule has 0 aliphatic carbocycles. The van der Waals surface area contributed by atoms with E-state index < -0.39 is 11.8 Å². The van der Waals surface area contributed by atoms with Crippen molar-refractivity contribution in [2.24, 2.45) is 0 Å². The predicted molar refractivity (Wildman–Crippen MR) is 107 cm³/mol. The largest absolute Gasteiger partial charge is 0.493 e. The van der Waals surface area contributed by atoms with Crippen LogP contribution in [0, 0.1) is 0 Å². The Bertz CT molecular complexity index is 920. The smallest absolute Gasteiger partial charge is 0.409 e. The Morgan fingerprint density at radius 1 is 0.833 bits per heavy atom. The lowest BCUT2D eigenvalue weighted by atomic mass is 9.91. The molecule has 0 spiro atoms. The number of alkyl carbamates (subject to hydrolysis) is 1. The van der Waals surface area contributed by atoms with Crippen LogP contribution in [0.25, 0.3) is 0 Å². The van der Waals surface area contributed by atoms with Gasteiger partial charge in [-0.25, -0.2) is 4.79 Å². The minimum absolute atomic E-state index is 0.219. The number of hydrogen-bond acceptors (Lipinski definition) is 8. The zero-order valence-electron chi connectivity index (χ0n) is 17.8. The molecule has 0 saturated carbocycles. The third-order valence-corrected chi connectivity index (χ3v) is 4.97. The normalized spacial score (nSPS) is 17.0. The molecule has 1 aliphatic rings. The molecular weight excluding hydrogens is 394 g/mol. The number of amides is 1. The second-order valence-electron chi connectivity index (χ2n) is 6.36. The van der Waals surface area contributed by atoms with Crippen LogP contribution in [-0.4, -0.2) is 48.8 Å². The molecule has 30 heavy (non-hydrogen) atoms. The maximum Gasteiger partial charge on any atom is 0.409 e. The number of rotatable bonds is 7. The summed E-state index contributed by atoms with van der Waals surface area (Å²) in [4.78, 5) is 12.3. The molecule has 1 unspecified atom stereocenters.